The van der Waals surface area contributed by atoms with Crippen LogP contribution in [-0.4, -0.2) is 9.97 Å². The lowest BCUT2D eigenvalue weighted by Crippen LogP contribution is -2.07. The topological polar surface area (TPSA) is 37.8 Å². The predicted molar refractivity (Wildman–Crippen MR) is 85.9 cm³/mol. The smallest absolute Gasteiger partial charge is 0.159 e. The van der Waals surface area contributed by atoms with Gasteiger partial charge in [0.1, 0.15) is 0 Å². The molecule has 0 amide bonds. The summed E-state index contributed by atoms with van der Waals surface area (Å²) >= 11 is 0. The molecule has 0 bridgehead atoms. The lowest BCUT2D eigenvalue weighted by atomic mass is 10.1. The average molecular weight is 275 g/mol. The highest BCUT2D eigenvalue weighted by Crippen LogP contribution is 2.19. The number of rotatable bonds is 4. The molecule has 0 spiro atoms. The van der Waals surface area contributed by atoms with Gasteiger partial charge in [0.05, 0.1) is 18.1 Å². The van der Waals surface area contributed by atoms with Crippen molar-refractivity contribution in [2.24, 2.45) is 0 Å². The summed E-state index contributed by atoms with van der Waals surface area (Å²) in [6.07, 6.45) is 3.66. The van der Waals surface area contributed by atoms with E-state index in [2.05, 4.69) is 34.3 Å². The fourth-order valence-corrected chi connectivity index (χ4v) is 2.21. The van der Waals surface area contributed by atoms with E-state index in [1.165, 1.54) is 5.56 Å². The summed E-state index contributed by atoms with van der Waals surface area (Å²) in [7, 11) is 0. The summed E-state index contributed by atoms with van der Waals surface area (Å²) in [4.78, 5) is 8.84. The van der Waals surface area contributed by atoms with Crippen molar-refractivity contribution >= 4 is 5.69 Å². The minimum Gasteiger partial charge on any atom is -0.376 e. The first-order valence-corrected chi connectivity index (χ1v) is 7.02. The molecule has 1 unspecified atom stereocenters. The molecular weight excluding hydrogens is 258 g/mol. The molecule has 0 saturated heterocycles. The van der Waals surface area contributed by atoms with Crippen LogP contribution in [0, 0.1) is 0 Å². The molecule has 0 saturated carbocycles. The summed E-state index contributed by atoms with van der Waals surface area (Å²) in [5.41, 5.74) is 3.19. The maximum atomic E-state index is 4.42. The predicted octanol–water partition coefficient (Wildman–Crippen LogP) is 4.32. The number of hydrogen-bond donors (Lipinski definition) is 1. The largest absolute Gasteiger partial charge is 0.376 e. The summed E-state index contributed by atoms with van der Waals surface area (Å²) in [5, 5.41) is 3.41. The normalized spacial score (nSPS) is 11.9. The number of benzene rings is 2. The van der Waals surface area contributed by atoms with Gasteiger partial charge < -0.3 is 5.32 Å². The highest BCUT2D eigenvalue weighted by atomic mass is 15.0. The number of hydrogen-bond acceptors (Lipinski definition) is 3. The fraction of sp³-hybridized carbons (Fsp3) is 0.111. The van der Waals surface area contributed by atoms with E-state index in [4.69, 9.17) is 0 Å². The van der Waals surface area contributed by atoms with E-state index in [1.54, 1.807) is 0 Å². The molecule has 1 N–H and O–H groups in total. The van der Waals surface area contributed by atoms with Crippen LogP contribution in [0.15, 0.2) is 73.1 Å². The van der Waals surface area contributed by atoms with E-state index in [1.807, 2.05) is 60.9 Å². The van der Waals surface area contributed by atoms with Gasteiger partial charge in [-0.3, -0.25) is 0 Å². The van der Waals surface area contributed by atoms with Crippen LogP contribution >= 0.6 is 0 Å². The zero-order valence-corrected chi connectivity index (χ0v) is 11.9. The Labute approximate surface area is 124 Å². The molecule has 1 atom stereocenters. The van der Waals surface area contributed by atoms with Crippen molar-refractivity contribution in [3.8, 4) is 11.4 Å². The van der Waals surface area contributed by atoms with Crippen molar-refractivity contribution in [3.05, 3.63) is 78.6 Å². The van der Waals surface area contributed by atoms with Gasteiger partial charge in [0, 0.05) is 11.6 Å². The number of aromatic nitrogens is 2. The van der Waals surface area contributed by atoms with E-state index in [-0.39, 0.29) is 6.04 Å². The SMILES string of the molecule is CC(Nc1cnc(-c2ccccc2)nc1)c1ccccc1. The third-order valence-electron chi connectivity index (χ3n) is 3.37. The summed E-state index contributed by atoms with van der Waals surface area (Å²) in [6, 6.07) is 20.5. The molecule has 104 valence electrons. The molecule has 3 nitrogen and oxygen atoms in total. The van der Waals surface area contributed by atoms with Gasteiger partial charge in [0.15, 0.2) is 5.82 Å². The third kappa shape index (κ3) is 3.26. The Bertz CT molecular complexity index is 679. The standard InChI is InChI=1S/C18H17N3/c1-14(15-8-4-2-5-9-15)21-17-12-19-18(20-13-17)16-10-6-3-7-11-16/h2-14,21H,1H3. The van der Waals surface area contributed by atoms with Gasteiger partial charge in [-0.05, 0) is 12.5 Å². The van der Waals surface area contributed by atoms with Gasteiger partial charge in [-0.15, -0.1) is 0 Å². The van der Waals surface area contributed by atoms with E-state index in [0.29, 0.717) is 0 Å². The molecule has 1 heterocycles. The molecule has 0 aliphatic carbocycles. The highest BCUT2D eigenvalue weighted by molar-refractivity contribution is 5.55. The zero-order chi connectivity index (χ0) is 14.5. The Kier molecular flexibility index (Phi) is 3.92. The summed E-state index contributed by atoms with van der Waals surface area (Å²) in [6.45, 7) is 2.13. The molecule has 3 rings (SSSR count). The second kappa shape index (κ2) is 6.18. The monoisotopic (exact) mass is 275 g/mol. The Morgan fingerprint density at radius 3 is 2.00 bits per heavy atom. The molecular formula is C18H17N3. The fourth-order valence-electron chi connectivity index (χ4n) is 2.21. The van der Waals surface area contributed by atoms with E-state index in [0.717, 1.165) is 17.1 Å². The molecule has 1 aromatic heterocycles. The molecule has 0 aliphatic rings. The van der Waals surface area contributed by atoms with Crippen molar-refractivity contribution in [3.63, 3.8) is 0 Å². The van der Waals surface area contributed by atoms with Crippen molar-refractivity contribution in [1.29, 1.82) is 0 Å². The molecule has 0 radical (unpaired) electrons. The van der Waals surface area contributed by atoms with E-state index >= 15 is 0 Å². The van der Waals surface area contributed by atoms with Crippen LogP contribution in [0.4, 0.5) is 5.69 Å². The van der Waals surface area contributed by atoms with Crippen molar-refractivity contribution in [2.75, 3.05) is 5.32 Å². The van der Waals surface area contributed by atoms with Crippen LogP contribution in [0.25, 0.3) is 11.4 Å². The maximum absolute atomic E-state index is 4.42. The van der Waals surface area contributed by atoms with Gasteiger partial charge in [-0.2, -0.15) is 0 Å². The molecule has 0 fully saturated rings. The Morgan fingerprint density at radius 1 is 0.810 bits per heavy atom. The van der Waals surface area contributed by atoms with Crippen LogP contribution in [0.2, 0.25) is 0 Å². The first-order valence-electron chi connectivity index (χ1n) is 7.02. The van der Waals surface area contributed by atoms with Gasteiger partial charge >= 0.3 is 0 Å². The minimum absolute atomic E-state index is 0.220. The van der Waals surface area contributed by atoms with Gasteiger partial charge in [0.2, 0.25) is 0 Å². The highest BCUT2D eigenvalue weighted by Gasteiger charge is 2.06. The Balaban J connectivity index is 1.73. The lowest BCUT2D eigenvalue weighted by molar-refractivity contribution is 0.880. The number of anilines is 1. The second-order valence-corrected chi connectivity index (χ2v) is 4.94. The van der Waals surface area contributed by atoms with Crippen molar-refractivity contribution < 1.29 is 0 Å². The number of nitrogens with zero attached hydrogens (tertiary/aromatic N) is 2. The zero-order valence-electron chi connectivity index (χ0n) is 11.9. The molecule has 3 aromatic rings. The van der Waals surface area contributed by atoms with Crippen LogP contribution < -0.4 is 5.32 Å². The van der Waals surface area contributed by atoms with Crippen LogP contribution in [-0.2, 0) is 0 Å². The Morgan fingerprint density at radius 2 is 1.38 bits per heavy atom. The minimum atomic E-state index is 0.220. The van der Waals surface area contributed by atoms with Gasteiger partial charge in [0.25, 0.3) is 0 Å². The quantitative estimate of drug-likeness (QED) is 0.770. The van der Waals surface area contributed by atoms with Crippen LogP contribution in [0.5, 0.6) is 0 Å². The van der Waals surface area contributed by atoms with Crippen LogP contribution in [0.3, 0.4) is 0 Å². The first-order chi connectivity index (χ1) is 10.3. The van der Waals surface area contributed by atoms with E-state index < -0.39 is 0 Å². The first kappa shape index (κ1) is 13.3. The Hall–Kier alpha value is -2.68. The average Bonchev–Trinajstić information content (AvgIpc) is 2.57. The second-order valence-electron chi connectivity index (χ2n) is 4.94. The molecule has 21 heavy (non-hydrogen) atoms. The van der Waals surface area contributed by atoms with E-state index in [9.17, 15) is 0 Å². The number of nitrogens with one attached hydrogen (secondary N) is 1. The van der Waals surface area contributed by atoms with Gasteiger partial charge in [-0.1, -0.05) is 60.7 Å². The van der Waals surface area contributed by atoms with Crippen molar-refractivity contribution in [2.45, 2.75) is 13.0 Å². The third-order valence-corrected chi connectivity index (χ3v) is 3.37. The summed E-state index contributed by atoms with van der Waals surface area (Å²) in [5.74, 6) is 0.744. The lowest BCUT2D eigenvalue weighted by Gasteiger charge is -2.15. The molecule has 3 heteroatoms. The summed E-state index contributed by atoms with van der Waals surface area (Å²) < 4.78 is 0. The maximum Gasteiger partial charge on any atom is 0.159 e. The van der Waals surface area contributed by atoms with Crippen LogP contribution in [0.1, 0.15) is 18.5 Å². The molecule has 2 aromatic carbocycles. The molecule has 0 aliphatic heterocycles. The van der Waals surface area contributed by atoms with Gasteiger partial charge in [-0.25, -0.2) is 9.97 Å². The van der Waals surface area contributed by atoms with Crippen molar-refractivity contribution in [1.82, 2.24) is 9.97 Å².